The predicted octanol–water partition coefficient (Wildman–Crippen LogP) is 0.617. The predicted molar refractivity (Wildman–Crippen MR) is 84.9 cm³/mol. The molecule has 120 valence electrons. The maximum Gasteiger partial charge on any atom is 0.250 e. The van der Waals surface area contributed by atoms with Crippen molar-refractivity contribution in [2.45, 2.75) is 19.0 Å². The molecule has 1 fully saturated rings. The van der Waals surface area contributed by atoms with Gasteiger partial charge in [-0.05, 0) is 30.2 Å². The molecule has 2 atom stereocenters. The number of hydrogen-bond donors (Lipinski definition) is 1. The number of carbonyl (C=O) groups is 1. The van der Waals surface area contributed by atoms with Crippen LogP contribution in [0, 0.1) is 5.92 Å². The van der Waals surface area contributed by atoms with Crippen LogP contribution in [0.2, 0.25) is 0 Å². The number of ether oxygens (including phenoxy) is 1. The number of aromatic nitrogens is 2. The van der Waals surface area contributed by atoms with E-state index < -0.39 is 0 Å². The fraction of sp³-hybridized carbons (Fsp3) is 0.353. The number of rotatable bonds is 5. The average molecular weight is 313 g/mol. The summed E-state index contributed by atoms with van der Waals surface area (Å²) in [5.41, 5.74) is 0.993. The van der Waals surface area contributed by atoms with Gasteiger partial charge < -0.3 is 14.6 Å². The van der Waals surface area contributed by atoms with Crippen molar-refractivity contribution < 1.29 is 9.53 Å². The molecule has 2 aromatic rings. The van der Waals surface area contributed by atoms with Crippen LogP contribution >= 0.6 is 0 Å². The smallest absolute Gasteiger partial charge is 0.250 e. The number of hydrogen-bond acceptors (Lipinski definition) is 4. The van der Waals surface area contributed by atoms with Crippen LogP contribution in [0.25, 0.3) is 0 Å². The minimum atomic E-state index is -0.182. The standard InChI is InChI=1S/C17H19N3O3/c21-16(10-20-8-2-1-3-17(20)22)19-15-12-23-11-14(15)9-13-4-6-18-7-5-13/h1-8,14-15H,9-12H2,(H,19,21)/t14-,15+/m1/s1. The van der Waals surface area contributed by atoms with E-state index in [9.17, 15) is 9.59 Å². The van der Waals surface area contributed by atoms with E-state index in [4.69, 9.17) is 4.74 Å². The molecule has 3 rings (SSSR count). The number of amides is 1. The van der Waals surface area contributed by atoms with E-state index in [0.29, 0.717) is 13.2 Å². The van der Waals surface area contributed by atoms with Gasteiger partial charge in [0.15, 0.2) is 0 Å². The van der Waals surface area contributed by atoms with E-state index in [1.807, 2.05) is 12.1 Å². The summed E-state index contributed by atoms with van der Waals surface area (Å²) in [5.74, 6) is 0.0578. The van der Waals surface area contributed by atoms with Crippen LogP contribution in [-0.4, -0.2) is 34.7 Å². The third-order valence-electron chi connectivity index (χ3n) is 4.00. The van der Waals surface area contributed by atoms with E-state index in [1.165, 1.54) is 16.2 Å². The molecule has 0 saturated carbocycles. The van der Waals surface area contributed by atoms with Gasteiger partial charge in [-0.25, -0.2) is 0 Å². The molecule has 23 heavy (non-hydrogen) atoms. The molecule has 0 unspecified atom stereocenters. The molecule has 0 bridgehead atoms. The van der Waals surface area contributed by atoms with Gasteiger partial charge in [-0.15, -0.1) is 0 Å². The summed E-state index contributed by atoms with van der Waals surface area (Å²) < 4.78 is 6.91. The molecule has 1 saturated heterocycles. The lowest BCUT2D eigenvalue weighted by atomic mass is 9.95. The number of carbonyl (C=O) groups excluding carboxylic acids is 1. The fourth-order valence-electron chi connectivity index (χ4n) is 2.78. The van der Waals surface area contributed by atoms with Gasteiger partial charge in [0.1, 0.15) is 6.54 Å². The van der Waals surface area contributed by atoms with Crippen LogP contribution in [0.5, 0.6) is 0 Å². The van der Waals surface area contributed by atoms with Crippen molar-refractivity contribution in [1.82, 2.24) is 14.9 Å². The van der Waals surface area contributed by atoms with Crippen LogP contribution in [0.1, 0.15) is 5.56 Å². The Morgan fingerprint density at radius 1 is 1.26 bits per heavy atom. The van der Waals surface area contributed by atoms with Crippen molar-refractivity contribution >= 4 is 5.91 Å². The SMILES string of the molecule is O=C(Cn1ccccc1=O)N[C@H]1COC[C@H]1Cc1ccncc1. The molecule has 0 radical (unpaired) electrons. The zero-order valence-electron chi connectivity index (χ0n) is 12.7. The van der Waals surface area contributed by atoms with Gasteiger partial charge in [0.25, 0.3) is 5.56 Å². The Hall–Kier alpha value is -2.47. The van der Waals surface area contributed by atoms with Crippen LogP contribution in [0.3, 0.4) is 0 Å². The van der Waals surface area contributed by atoms with Gasteiger partial charge in [0.2, 0.25) is 5.91 Å². The second-order valence-electron chi connectivity index (χ2n) is 5.70. The van der Waals surface area contributed by atoms with Gasteiger partial charge in [-0.2, -0.15) is 0 Å². The maximum absolute atomic E-state index is 12.2. The van der Waals surface area contributed by atoms with Gasteiger partial charge >= 0.3 is 0 Å². The average Bonchev–Trinajstić information content (AvgIpc) is 2.97. The molecular weight excluding hydrogens is 294 g/mol. The Bertz CT molecular complexity index is 714. The first-order valence-corrected chi connectivity index (χ1v) is 7.64. The second-order valence-corrected chi connectivity index (χ2v) is 5.70. The first kappa shape index (κ1) is 15.4. The second kappa shape index (κ2) is 7.19. The minimum Gasteiger partial charge on any atom is -0.379 e. The highest BCUT2D eigenvalue weighted by Crippen LogP contribution is 2.18. The Balaban J connectivity index is 1.59. The van der Waals surface area contributed by atoms with Crippen molar-refractivity contribution in [2.75, 3.05) is 13.2 Å². The van der Waals surface area contributed by atoms with E-state index in [0.717, 1.165) is 6.42 Å². The first-order valence-electron chi connectivity index (χ1n) is 7.64. The van der Waals surface area contributed by atoms with Crippen LogP contribution in [0.15, 0.2) is 53.7 Å². The molecule has 0 spiro atoms. The van der Waals surface area contributed by atoms with Gasteiger partial charge in [-0.1, -0.05) is 6.07 Å². The topological polar surface area (TPSA) is 73.2 Å². The highest BCUT2D eigenvalue weighted by Gasteiger charge is 2.29. The monoisotopic (exact) mass is 313 g/mol. The molecule has 0 aliphatic carbocycles. The summed E-state index contributed by atoms with van der Waals surface area (Å²) in [4.78, 5) is 27.8. The Kier molecular flexibility index (Phi) is 4.83. The Morgan fingerprint density at radius 3 is 2.87 bits per heavy atom. The quantitative estimate of drug-likeness (QED) is 0.878. The maximum atomic E-state index is 12.2. The number of nitrogens with one attached hydrogen (secondary N) is 1. The normalized spacial score (nSPS) is 20.3. The largest absolute Gasteiger partial charge is 0.379 e. The van der Waals surface area contributed by atoms with Gasteiger partial charge in [0, 0.05) is 30.6 Å². The summed E-state index contributed by atoms with van der Waals surface area (Å²) in [6, 6.07) is 8.75. The van der Waals surface area contributed by atoms with Gasteiger partial charge in [0.05, 0.1) is 19.3 Å². The summed E-state index contributed by atoms with van der Waals surface area (Å²) in [7, 11) is 0. The van der Waals surface area contributed by atoms with Crippen molar-refractivity contribution in [3.05, 3.63) is 64.8 Å². The van der Waals surface area contributed by atoms with Gasteiger partial charge in [-0.3, -0.25) is 14.6 Å². The minimum absolute atomic E-state index is 0.0259. The number of pyridine rings is 2. The van der Waals surface area contributed by atoms with Crippen LogP contribution in [-0.2, 0) is 22.5 Å². The molecule has 3 heterocycles. The molecular formula is C17H19N3O3. The Labute approximate surface area is 134 Å². The van der Waals surface area contributed by atoms with E-state index in [2.05, 4.69) is 10.3 Å². The summed E-state index contributed by atoms with van der Waals surface area (Å²) >= 11 is 0. The van der Waals surface area contributed by atoms with Crippen molar-refractivity contribution in [1.29, 1.82) is 0 Å². The van der Waals surface area contributed by atoms with E-state index in [-0.39, 0.29) is 30.0 Å². The van der Waals surface area contributed by atoms with Crippen molar-refractivity contribution in [3.8, 4) is 0 Å². The molecule has 0 aromatic carbocycles. The lowest BCUT2D eigenvalue weighted by Crippen LogP contribution is -2.43. The summed E-state index contributed by atoms with van der Waals surface area (Å²) in [6.45, 7) is 1.15. The lowest BCUT2D eigenvalue weighted by Gasteiger charge is -2.19. The summed E-state index contributed by atoms with van der Waals surface area (Å²) in [5, 5.41) is 2.99. The third-order valence-corrected chi connectivity index (χ3v) is 4.00. The van der Waals surface area contributed by atoms with Crippen molar-refractivity contribution in [2.24, 2.45) is 5.92 Å². The highest BCUT2D eigenvalue weighted by atomic mass is 16.5. The van der Waals surface area contributed by atoms with E-state index in [1.54, 1.807) is 30.7 Å². The number of nitrogens with zero attached hydrogens (tertiary/aromatic N) is 2. The summed E-state index contributed by atoms with van der Waals surface area (Å²) in [6.07, 6.45) is 5.97. The van der Waals surface area contributed by atoms with Crippen molar-refractivity contribution in [3.63, 3.8) is 0 Å². The lowest BCUT2D eigenvalue weighted by molar-refractivity contribution is -0.122. The van der Waals surface area contributed by atoms with E-state index >= 15 is 0 Å². The zero-order valence-corrected chi connectivity index (χ0v) is 12.7. The zero-order chi connectivity index (χ0) is 16.1. The molecule has 1 aliphatic rings. The molecule has 1 amide bonds. The first-order chi connectivity index (χ1) is 11.2. The third kappa shape index (κ3) is 4.04. The van der Waals surface area contributed by atoms with Crippen LogP contribution in [0.4, 0.5) is 0 Å². The molecule has 6 heteroatoms. The molecule has 2 aromatic heterocycles. The fourth-order valence-corrected chi connectivity index (χ4v) is 2.78. The molecule has 6 nitrogen and oxygen atoms in total. The molecule has 1 N–H and O–H groups in total. The highest BCUT2D eigenvalue weighted by molar-refractivity contribution is 5.76. The Morgan fingerprint density at radius 2 is 2.09 bits per heavy atom. The van der Waals surface area contributed by atoms with Crippen LogP contribution < -0.4 is 10.9 Å². The molecule has 1 aliphatic heterocycles.